The van der Waals surface area contributed by atoms with Crippen molar-refractivity contribution < 1.29 is 5.11 Å². The first-order chi connectivity index (χ1) is 8.86. The van der Waals surface area contributed by atoms with Crippen LogP contribution in [-0.4, -0.2) is 15.1 Å². The van der Waals surface area contributed by atoms with Crippen molar-refractivity contribution in [3.05, 3.63) is 45.7 Å². The quantitative estimate of drug-likeness (QED) is 0.934. The van der Waals surface area contributed by atoms with E-state index in [2.05, 4.69) is 36.1 Å². The molecule has 1 N–H and O–H groups in total. The molecule has 19 heavy (non-hydrogen) atoms. The summed E-state index contributed by atoms with van der Waals surface area (Å²) in [4.78, 5) is 8.81. The summed E-state index contributed by atoms with van der Waals surface area (Å²) in [5.41, 5.74) is 2.95. The number of nitrogens with zero attached hydrogens (tertiary/aromatic N) is 2. The number of aromatic nitrogens is 2. The molecule has 0 aliphatic heterocycles. The smallest absolute Gasteiger partial charge is 0.0957 e. The predicted octanol–water partition coefficient (Wildman–Crippen LogP) is 3.42. The molecule has 0 aromatic carbocycles. The minimum Gasteiger partial charge on any atom is -0.388 e. The van der Waals surface area contributed by atoms with Crippen LogP contribution in [0.3, 0.4) is 0 Å². The molecular weight excluding hydrogens is 256 g/mol. The lowest BCUT2D eigenvalue weighted by atomic mass is 9.93. The molecule has 4 heteroatoms. The van der Waals surface area contributed by atoms with Crippen LogP contribution in [0.2, 0.25) is 0 Å². The Balaban J connectivity index is 2.08. The van der Waals surface area contributed by atoms with Gasteiger partial charge in [0.05, 0.1) is 16.8 Å². The van der Waals surface area contributed by atoms with Gasteiger partial charge >= 0.3 is 0 Å². The highest BCUT2D eigenvalue weighted by molar-refractivity contribution is 7.09. The van der Waals surface area contributed by atoms with Gasteiger partial charge in [0.15, 0.2) is 0 Å². The first-order valence-corrected chi connectivity index (χ1v) is 7.30. The maximum Gasteiger partial charge on any atom is 0.0957 e. The second-order valence-electron chi connectivity index (χ2n) is 5.83. The summed E-state index contributed by atoms with van der Waals surface area (Å²) in [6.45, 7) is 8.37. The summed E-state index contributed by atoms with van der Waals surface area (Å²) in [6, 6.07) is 3.84. The molecule has 0 bridgehead atoms. The van der Waals surface area contributed by atoms with Crippen LogP contribution in [0.5, 0.6) is 0 Å². The van der Waals surface area contributed by atoms with Crippen LogP contribution in [0, 0.1) is 6.92 Å². The lowest BCUT2D eigenvalue weighted by Crippen LogP contribution is -2.12. The van der Waals surface area contributed by atoms with E-state index in [0.717, 1.165) is 22.0 Å². The Hall–Kier alpha value is -1.26. The van der Waals surface area contributed by atoms with Crippen LogP contribution >= 0.6 is 11.3 Å². The Kier molecular flexibility index (Phi) is 4.02. The van der Waals surface area contributed by atoms with E-state index in [9.17, 15) is 5.11 Å². The fourth-order valence-corrected chi connectivity index (χ4v) is 2.77. The summed E-state index contributed by atoms with van der Waals surface area (Å²) < 4.78 is 0. The first-order valence-electron chi connectivity index (χ1n) is 6.42. The molecule has 3 nitrogen and oxygen atoms in total. The van der Waals surface area contributed by atoms with E-state index in [-0.39, 0.29) is 5.41 Å². The summed E-state index contributed by atoms with van der Waals surface area (Å²) in [6.07, 6.45) is 1.75. The molecule has 0 saturated carbocycles. The Bertz CT molecular complexity index is 540. The summed E-state index contributed by atoms with van der Waals surface area (Å²) in [5, 5.41) is 13.3. The van der Waals surface area contributed by atoms with E-state index < -0.39 is 6.10 Å². The number of thiazole rings is 1. The molecule has 0 saturated heterocycles. The fraction of sp³-hybridized carbons (Fsp3) is 0.467. The lowest BCUT2D eigenvalue weighted by Gasteiger charge is -2.14. The molecule has 0 fully saturated rings. The number of pyridine rings is 1. The van der Waals surface area contributed by atoms with Gasteiger partial charge in [-0.05, 0) is 18.6 Å². The third kappa shape index (κ3) is 3.61. The van der Waals surface area contributed by atoms with Crippen LogP contribution in [0.15, 0.2) is 23.7 Å². The zero-order chi connectivity index (χ0) is 14.0. The van der Waals surface area contributed by atoms with Crippen molar-refractivity contribution in [3.63, 3.8) is 0 Å². The molecule has 1 unspecified atom stereocenters. The van der Waals surface area contributed by atoms with Crippen LogP contribution in [-0.2, 0) is 11.8 Å². The third-order valence-electron chi connectivity index (χ3n) is 3.01. The normalized spacial score (nSPS) is 13.5. The van der Waals surface area contributed by atoms with Crippen LogP contribution < -0.4 is 0 Å². The van der Waals surface area contributed by atoms with Gasteiger partial charge in [0.25, 0.3) is 0 Å². The van der Waals surface area contributed by atoms with Gasteiger partial charge in [-0.25, -0.2) is 4.98 Å². The van der Waals surface area contributed by atoms with Gasteiger partial charge in [0.2, 0.25) is 0 Å². The average molecular weight is 276 g/mol. The van der Waals surface area contributed by atoms with Gasteiger partial charge in [0, 0.05) is 29.1 Å². The van der Waals surface area contributed by atoms with Crippen molar-refractivity contribution in [1.29, 1.82) is 0 Å². The lowest BCUT2D eigenvalue weighted by molar-refractivity contribution is 0.178. The van der Waals surface area contributed by atoms with Crippen molar-refractivity contribution in [2.75, 3.05) is 0 Å². The van der Waals surface area contributed by atoms with Gasteiger partial charge in [0.1, 0.15) is 0 Å². The molecule has 2 heterocycles. The number of hydrogen-bond acceptors (Lipinski definition) is 4. The standard InChI is InChI=1S/C15H20N2OS/c1-10-5-6-11(8-16-10)12(18)7-14-17-13(9-19-14)15(2,3)4/h5-6,8-9,12,18H,7H2,1-4H3. The zero-order valence-corrected chi connectivity index (χ0v) is 12.7. The average Bonchev–Trinajstić information content (AvgIpc) is 2.78. The van der Waals surface area contributed by atoms with Crippen molar-refractivity contribution in [1.82, 2.24) is 9.97 Å². The van der Waals surface area contributed by atoms with Gasteiger partial charge in [-0.2, -0.15) is 0 Å². The molecule has 0 radical (unpaired) electrons. The number of aliphatic hydroxyl groups excluding tert-OH is 1. The van der Waals surface area contributed by atoms with Crippen LogP contribution in [0.1, 0.15) is 48.8 Å². The second kappa shape index (κ2) is 5.39. The monoisotopic (exact) mass is 276 g/mol. The Morgan fingerprint density at radius 3 is 2.58 bits per heavy atom. The minimum absolute atomic E-state index is 0.0606. The SMILES string of the molecule is Cc1ccc(C(O)Cc2nc(C(C)(C)C)cs2)cn1. The van der Waals surface area contributed by atoms with E-state index in [1.807, 2.05) is 19.1 Å². The summed E-state index contributed by atoms with van der Waals surface area (Å²) >= 11 is 1.61. The van der Waals surface area contributed by atoms with Crippen LogP contribution in [0.4, 0.5) is 0 Å². The highest BCUT2D eigenvalue weighted by Crippen LogP contribution is 2.26. The fourth-order valence-electron chi connectivity index (χ4n) is 1.71. The van der Waals surface area contributed by atoms with Gasteiger partial charge in [-0.15, -0.1) is 11.3 Å². The molecule has 2 aromatic rings. The topological polar surface area (TPSA) is 46.0 Å². The van der Waals surface area contributed by atoms with E-state index in [4.69, 9.17) is 0 Å². The Morgan fingerprint density at radius 2 is 2.05 bits per heavy atom. The summed E-state index contributed by atoms with van der Waals surface area (Å²) in [7, 11) is 0. The van der Waals surface area contributed by atoms with E-state index in [0.29, 0.717) is 6.42 Å². The van der Waals surface area contributed by atoms with Crippen LogP contribution in [0.25, 0.3) is 0 Å². The second-order valence-corrected chi connectivity index (χ2v) is 6.77. The molecular formula is C15H20N2OS. The number of hydrogen-bond donors (Lipinski definition) is 1. The molecule has 1 atom stereocenters. The number of rotatable bonds is 3. The van der Waals surface area contributed by atoms with Crippen molar-refractivity contribution in [2.24, 2.45) is 0 Å². The molecule has 2 rings (SSSR count). The van der Waals surface area contributed by atoms with E-state index >= 15 is 0 Å². The molecule has 0 amide bonds. The van der Waals surface area contributed by atoms with Crippen molar-refractivity contribution >= 4 is 11.3 Å². The zero-order valence-electron chi connectivity index (χ0n) is 11.8. The van der Waals surface area contributed by atoms with Gasteiger partial charge < -0.3 is 5.11 Å². The van der Waals surface area contributed by atoms with E-state index in [1.54, 1.807) is 17.5 Å². The molecule has 0 spiro atoms. The largest absolute Gasteiger partial charge is 0.388 e. The molecule has 102 valence electrons. The minimum atomic E-state index is -0.535. The molecule has 2 aromatic heterocycles. The highest BCUT2D eigenvalue weighted by Gasteiger charge is 2.19. The Morgan fingerprint density at radius 1 is 1.32 bits per heavy atom. The maximum atomic E-state index is 10.2. The molecule has 0 aliphatic rings. The third-order valence-corrected chi connectivity index (χ3v) is 3.88. The first kappa shape index (κ1) is 14.2. The van der Waals surface area contributed by atoms with E-state index in [1.165, 1.54) is 0 Å². The number of aryl methyl sites for hydroxylation is 1. The predicted molar refractivity (Wildman–Crippen MR) is 78.5 cm³/mol. The van der Waals surface area contributed by atoms with Gasteiger partial charge in [-0.1, -0.05) is 26.8 Å². The van der Waals surface area contributed by atoms with Gasteiger partial charge in [-0.3, -0.25) is 4.98 Å². The Labute approximate surface area is 118 Å². The van der Waals surface area contributed by atoms with Crippen molar-refractivity contribution in [2.45, 2.75) is 45.6 Å². The maximum absolute atomic E-state index is 10.2. The number of aliphatic hydroxyl groups is 1. The molecule has 0 aliphatic carbocycles. The summed E-state index contributed by atoms with van der Waals surface area (Å²) in [5.74, 6) is 0. The van der Waals surface area contributed by atoms with Crippen molar-refractivity contribution in [3.8, 4) is 0 Å². The highest BCUT2D eigenvalue weighted by atomic mass is 32.1.